The van der Waals surface area contributed by atoms with E-state index in [-0.39, 0.29) is 12.0 Å². The van der Waals surface area contributed by atoms with Gasteiger partial charge in [0.25, 0.3) is 5.91 Å². The van der Waals surface area contributed by atoms with Crippen molar-refractivity contribution in [2.75, 3.05) is 13.2 Å². The summed E-state index contributed by atoms with van der Waals surface area (Å²) < 4.78 is 5.75. The van der Waals surface area contributed by atoms with Crippen LogP contribution in [0.5, 0.6) is 0 Å². The zero-order valence-corrected chi connectivity index (χ0v) is 12.2. The van der Waals surface area contributed by atoms with Crippen molar-refractivity contribution in [3.8, 4) is 0 Å². The minimum absolute atomic E-state index is 0.0673. The first-order valence-electron chi connectivity index (χ1n) is 7.13. The number of nitrogens with one attached hydrogen (secondary N) is 1. The van der Waals surface area contributed by atoms with Gasteiger partial charge in [-0.15, -0.1) is 0 Å². The molecule has 0 bridgehead atoms. The van der Waals surface area contributed by atoms with Gasteiger partial charge < -0.3 is 10.1 Å². The first kappa shape index (κ1) is 15.2. The van der Waals surface area contributed by atoms with Crippen molar-refractivity contribution in [3.63, 3.8) is 0 Å². The number of carbonyl (C=O) groups is 1. The van der Waals surface area contributed by atoms with Gasteiger partial charge in [-0.2, -0.15) is 0 Å². The van der Waals surface area contributed by atoms with E-state index in [0.717, 1.165) is 12.0 Å². The minimum atomic E-state index is -0.147. The molecule has 1 heterocycles. The zero-order valence-electron chi connectivity index (χ0n) is 12.2. The summed E-state index contributed by atoms with van der Waals surface area (Å²) in [6.45, 7) is 3.22. The van der Waals surface area contributed by atoms with E-state index in [1.54, 1.807) is 24.4 Å². The van der Waals surface area contributed by atoms with Crippen molar-refractivity contribution < 1.29 is 9.53 Å². The summed E-state index contributed by atoms with van der Waals surface area (Å²) in [5.41, 5.74) is 1.60. The summed E-state index contributed by atoms with van der Waals surface area (Å²) in [6.07, 6.45) is 2.45. The number of amides is 1. The van der Waals surface area contributed by atoms with Gasteiger partial charge in [0.05, 0.1) is 6.10 Å². The summed E-state index contributed by atoms with van der Waals surface area (Å²) in [6, 6.07) is 15.4. The highest BCUT2D eigenvalue weighted by molar-refractivity contribution is 5.92. The summed E-state index contributed by atoms with van der Waals surface area (Å²) in [5, 5.41) is 2.83. The Bertz CT molecular complexity index is 543. The van der Waals surface area contributed by atoms with Crippen LogP contribution in [-0.4, -0.2) is 24.0 Å². The molecule has 1 aromatic heterocycles. The van der Waals surface area contributed by atoms with E-state index >= 15 is 0 Å². The number of pyridine rings is 1. The van der Waals surface area contributed by atoms with Crippen molar-refractivity contribution in [1.29, 1.82) is 0 Å². The summed E-state index contributed by atoms with van der Waals surface area (Å²) in [5.74, 6) is -0.147. The number of rotatable bonds is 7. The van der Waals surface area contributed by atoms with E-state index < -0.39 is 0 Å². The van der Waals surface area contributed by atoms with E-state index in [4.69, 9.17) is 4.74 Å². The molecule has 1 N–H and O–H groups in total. The molecular weight excluding hydrogens is 264 g/mol. The lowest BCUT2D eigenvalue weighted by Gasteiger charge is -2.13. The zero-order chi connectivity index (χ0) is 14.9. The van der Waals surface area contributed by atoms with Crippen LogP contribution in [0, 0.1) is 0 Å². The molecule has 110 valence electrons. The molecule has 2 rings (SSSR count). The highest BCUT2D eigenvalue weighted by atomic mass is 16.5. The Kier molecular flexibility index (Phi) is 5.91. The third kappa shape index (κ3) is 5.00. The molecule has 21 heavy (non-hydrogen) atoms. The normalized spacial score (nSPS) is 11.9. The van der Waals surface area contributed by atoms with E-state index in [2.05, 4.69) is 10.3 Å². The predicted molar refractivity (Wildman–Crippen MR) is 82.0 cm³/mol. The van der Waals surface area contributed by atoms with Crippen molar-refractivity contribution in [1.82, 2.24) is 10.3 Å². The number of ether oxygens (including phenoxy) is 1. The first-order valence-corrected chi connectivity index (χ1v) is 7.13. The van der Waals surface area contributed by atoms with E-state index in [0.29, 0.717) is 18.8 Å². The fraction of sp³-hybridized carbons (Fsp3) is 0.294. The van der Waals surface area contributed by atoms with Crippen LogP contribution in [0.4, 0.5) is 0 Å². The van der Waals surface area contributed by atoms with Crippen LogP contribution in [-0.2, 0) is 4.74 Å². The number of hydrogen-bond acceptors (Lipinski definition) is 3. The lowest BCUT2D eigenvalue weighted by molar-refractivity contribution is 0.0634. The van der Waals surface area contributed by atoms with Crippen LogP contribution in [0.1, 0.15) is 35.5 Å². The molecule has 2 aromatic rings. The molecule has 4 heteroatoms. The third-order valence-electron chi connectivity index (χ3n) is 3.14. The molecule has 0 spiro atoms. The average molecular weight is 284 g/mol. The maximum absolute atomic E-state index is 11.7. The molecule has 0 aliphatic heterocycles. The van der Waals surface area contributed by atoms with Gasteiger partial charge in [0.15, 0.2) is 0 Å². The first-order chi connectivity index (χ1) is 10.3. The number of hydrogen-bond donors (Lipinski definition) is 1. The fourth-order valence-corrected chi connectivity index (χ4v) is 1.94. The Morgan fingerprint density at radius 3 is 2.67 bits per heavy atom. The van der Waals surface area contributed by atoms with Crippen LogP contribution in [0.25, 0.3) is 0 Å². The van der Waals surface area contributed by atoms with Gasteiger partial charge in [0.1, 0.15) is 5.69 Å². The van der Waals surface area contributed by atoms with E-state index in [1.165, 1.54) is 0 Å². The van der Waals surface area contributed by atoms with Crippen LogP contribution >= 0.6 is 0 Å². The van der Waals surface area contributed by atoms with Gasteiger partial charge >= 0.3 is 0 Å². The van der Waals surface area contributed by atoms with Gasteiger partial charge in [0, 0.05) is 19.3 Å². The van der Waals surface area contributed by atoms with Gasteiger partial charge in [-0.3, -0.25) is 9.78 Å². The third-order valence-corrected chi connectivity index (χ3v) is 3.14. The number of aromatic nitrogens is 1. The Morgan fingerprint density at radius 1 is 1.19 bits per heavy atom. The largest absolute Gasteiger partial charge is 0.374 e. The molecule has 0 fully saturated rings. The van der Waals surface area contributed by atoms with Gasteiger partial charge in [-0.05, 0) is 31.0 Å². The standard InChI is InChI=1S/C17H20N2O2/c1-14(15-8-3-2-4-9-15)21-13-7-12-19-17(20)16-10-5-6-11-18-16/h2-6,8-11,14H,7,12-13H2,1H3,(H,19,20). The highest BCUT2D eigenvalue weighted by Gasteiger charge is 2.06. The molecule has 1 atom stereocenters. The predicted octanol–water partition coefficient (Wildman–Crippen LogP) is 2.98. The quantitative estimate of drug-likeness (QED) is 0.795. The van der Waals surface area contributed by atoms with E-state index in [1.807, 2.05) is 37.3 Å². The second kappa shape index (κ2) is 8.17. The molecule has 1 aromatic carbocycles. The summed E-state index contributed by atoms with van der Waals surface area (Å²) >= 11 is 0. The lowest BCUT2D eigenvalue weighted by Crippen LogP contribution is -2.26. The molecule has 0 radical (unpaired) electrons. The Hall–Kier alpha value is -2.20. The Balaban J connectivity index is 1.63. The van der Waals surface area contributed by atoms with Gasteiger partial charge in [-0.1, -0.05) is 36.4 Å². The Morgan fingerprint density at radius 2 is 1.95 bits per heavy atom. The van der Waals surface area contributed by atoms with Crippen molar-refractivity contribution in [2.45, 2.75) is 19.4 Å². The van der Waals surface area contributed by atoms with Crippen LogP contribution < -0.4 is 5.32 Å². The SMILES string of the molecule is CC(OCCCNC(=O)c1ccccn1)c1ccccc1. The maximum Gasteiger partial charge on any atom is 0.269 e. The average Bonchev–Trinajstić information content (AvgIpc) is 2.55. The highest BCUT2D eigenvalue weighted by Crippen LogP contribution is 2.15. The van der Waals surface area contributed by atoms with Crippen LogP contribution in [0.15, 0.2) is 54.7 Å². The Labute approximate surface area is 125 Å². The second-order valence-corrected chi connectivity index (χ2v) is 4.75. The molecule has 1 amide bonds. The second-order valence-electron chi connectivity index (χ2n) is 4.75. The van der Waals surface area contributed by atoms with Crippen molar-refractivity contribution >= 4 is 5.91 Å². The monoisotopic (exact) mass is 284 g/mol. The topological polar surface area (TPSA) is 51.2 Å². The minimum Gasteiger partial charge on any atom is -0.374 e. The molecular formula is C17H20N2O2. The molecule has 1 unspecified atom stereocenters. The van der Waals surface area contributed by atoms with Gasteiger partial charge in [-0.25, -0.2) is 0 Å². The smallest absolute Gasteiger partial charge is 0.269 e. The molecule has 0 saturated carbocycles. The van der Waals surface area contributed by atoms with E-state index in [9.17, 15) is 4.79 Å². The number of nitrogens with zero attached hydrogens (tertiary/aromatic N) is 1. The lowest BCUT2D eigenvalue weighted by atomic mass is 10.1. The summed E-state index contributed by atoms with van der Waals surface area (Å²) in [4.78, 5) is 15.8. The molecule has 0 aliphatic rings. The van der Waals surface area contributed by atoms with Gasteiger partial charge in [0.2, 0.25) is 0 Å². The molecule has 4 nitrogen and oxygen atoms in total. The van der Waals surface area contributed by atoms with Crippen LogP contribution in [0.3, 0.4) is 0 Å². The maximum atomic E-state index is 11.7. The molecule has 0 saturated heterocycles. The number of benzene rings is 1. The number of carbonyl (C=O) groups excluding carboxylic acids is 1. The van der Waals surface area contributed by atoms with Crippen molar-refractivity contribution in [3.05, 3.63) is 66.0 Å². The van der Waals surface area contributed by atoms with Crippen LogP contribution in [0.2, 0.25) is 0 Å². The van der Waals surface area contributed by atoms with Crippen molar-refractivity contribution in [2.24, 2.45) is 0 Å². The summed E-state index contributed by atoms with van der Waals surface area (Å²) in [7, 11) is 0. The fourth-order valence-electron chi connectivity index (χ4n) is 1.94. The molecule has 0 aliphatic carbocycles.